The lowest BCUT2D eigenvalue weighted by Gasteiger charge is -2.24. The summed E-state index contributed by atoms with van der Waals surface area (Å²) < 4.78 is 5.51. The highest BCUT2D eigenvalue weighted by atomic mass is 16.5. The summed E-state index contributed by atoms with van der Waals surface area (Å²) in [5.74, 6) is 0.243. The maximum atomic E-state index is 12.4. The zero-order chi connectivity index (χ0) is 13.8. The maximum absolute atomic E-state index is 12.4. The Labute approximate surface area is 114 Å². The van der Waals surface area contributed by atoms with E-state index in [1.807, 2.05) is 19.9 Å². The van der Waals surface area contributed by atoms with E-state index in [0.717, 1.165) is 30.7 Å². The normalized spacial score (nSPS) is 18.5. The number of phenols is 1. The van der Waals surface area contributed by atoms with Crippen molar-refractivity contribution in [3.63, 3.8) is 0 Å². The lowest BCUT2D eigenvalue weighted by atomic mass is 10.1. The Morgan fingerprint density at radius 2 is 2.32 bits per heavy atom. The number of rotatable bonds is 4. The van der Waals surface area contributed by atoms with Gasteiger partial charge in [0.15, 0.2) is 0 Å². The fraction of sp³-hybridized carbons (Fsp3) is 0.533. The van der Waals surface area contributed by atoms with Gasteiger partial charge in [-0.25, -0.2) is 0 Å². The van der Waals surface area contributed by atoms with Gasteiger partial charge in [-0.1, -0.05) is 6.07 Å². The quantitative estimate of drug-likeness (QED) is 0.908. The van der Waals surface area contributed by atoms with Crippen LogP contribution in [0.15, 0.2) is 18.2 Å². The molecule has 4 nitrogen and oxygen atoms in total. The first kappa shape index (κ1) is 13.9. The number of carbonyl (C=O) groups is 1. The Hall–Kier alpha value is -1.55. The number of carbonyl (C=O) groups excluding carboxylic acids is 1. The largest absolute Gasteiger partial charge is 0.508 e. The van der Waals surface area contributed by atoms with Gasteiger partial charge in [-0.2, -0.15) is 0 Å². The average molecular weight is 263 g/mol. The third kappa shape index (κ3) is 3.26. The van der Waals surface area contributed by atoms with Crippen molar-refractivity contribution in [1.82, 2.24) is 0 Å². The molecule has 0 radical (unpaired) electrons. The SMILES string of the molecule is CCN(C(=O)CC1CCCO1)c1cc(O)ccc1C. The molecule has 1 aliphatic rings. The minimum atomic E-state index is 0.0548. The van der Waals surface area contributed by atoms with Crippen LogP contribution in [0.4, 0.5) is 5.69 Å². The average Bonchev–Trinajstić information content (AvgIpc) is 2.87. The van der Waals surface area contributed by atoms with Crippen LogP contribution in [0.3, 0.4) is 0 Å². The Morgan fingerprint density at radius 1 is 1.53 bits per heavy atom. The maximum Gasteiger partial charge on any atom is 0.229 e. The predicted molar refractivity (Wildman–Crippen MR) is 74.5 cm³/mol. The highest BCUT2D eigenvalue weighted by Crippen LogP contribution is 2.26. The van der Waals surface area contributed by atoms with Gasteiger partial charge < -0.3 is 14.7 Å². The van der Waals surface area contributed by atoms with Gasteiger partial charge in [0.1, 0.15) is 5.75 Å². The Balaban J connectivity index is 2.13. The van der Waals surface area contributed by atoms with Crippen molar-refractivity contribution in [2.45, 2.75) is 39.2 Å². The summed E-state index contributed by atoms with van der Waals surface area (Å²) in [7, 11) is 0. The van der Waals surface area contributed by atoms with E-state index >= 15 is 0 Å². The molecule has 0 saturated carbocycles. The first-order valence-corrected chi connectivity index (χ1v) is 6.83. The topological polar surface area (TPSA) is 49.8 Å². The minimum Gasteiger partial charge on any atom is -0.508 e. The highest BCUT2D eigenvalue weighted by molar-refractivity contribution is 5.94. The van der Waals surface area contributed by atoms with Crippen molar-refractivity contribution in [2.75, 3.05) is 18.1 Å². The van der Waals surface area contributed by atoms with E-state index < -0.39 is 0 Å². The highest BCUT2D eigenvalue weighted by Gasteiger charge is 2.23. The number of phenolic OH excluding ortho intramolecular Hbond substituents is 1. The standard InChI is InChI=1S/C15H21NO3/c1-3-16(14-9-12(17)7-6-11(14)2)15(18)10-13-5-4-8-19-13/h6-7,9,13,17H,3-5,8,10H2,1-2H3. The van der Waals surface area contributed by atoms with Crippen LogP contribution in [-0.2, 0) is 9.53 Å². The number of hydrogen-bond donors (Lipinski definition) is 1. The number of benzene rings is 1. The van der Waals surface area contributed by atoms with Gasteiger partial charge in [0, 0.05) is 19.2 Å². The van der Waals surface area contributed by atoms with Crippen molar-refractivity contribution in [3.8, 4) is 5.75 Å². The smallest absolute Gasteiger partial charge is 0.229 e. The summed E-state index contributed by atoms with van der Waals surface area (Å²) in [5.41, 5.74) is 1.77. The molecule has 1 N–H and O–H groups in total. The van der Waals surface area contributed by atoms with Gasteiger partial charge in [0.2, 0.25) is 5.91 Å². The van der Waals surface area contributed by atoms with Crippen molar-refractivity contribution >= 4 is 11.6 Å². The molecule has 1 heterocycles. The zero-order valence-corrected chi connectivity index (χ0v) is 11.6. The molecule has 1 saturated heterocycles. The molecule has 1 fully saturated rings. The van der Waals surface area contributed by atoms with Gasteiger partial charge >= 0.3 is 0 Å². The first-order chi connectivity index (χ1) is 9.11. The van der Waals surface area contributed by atoms with Gasteiger partial charge in [0.25, 0.3) is 0 Å². The second kappa shape index (κ2) is 6.06. The summed E-state index contributed by atoms with van der Waals surface area (Å²) in [6.45, 7) is 5.23. The van der Waals surface area contributed by atoms with E-state index in [1.165, 1.54) is 0 Å². The van der Waals surface area contributed by atoms with Gasteiger partial charge in [-0.15, -0.1) is 0 Å². The number of amides is 1. The van der Waals surface area contributed by atoms with Crippen LogP contribution >= 0.6 is 0 Å². The molecule has 104 valence electrons. The van der Waals surface area contributed by atoms with E-state index in [4.69, 9.17) is 4.74 Å². The van der Waals surface area contributed by atoms with Crippen molar-refractivity contribution in [3.05, 3.63) is 23.8 Å². The molecule has 1 aliphatic heterocycles. The molecule has 1 atom stereocenters. The van der Waals surface area contributed by atoms with Crippen LogP contribution < -0.4 is 4.90 Å². The molecule has 1 aromatic rings. The summed E-state index contributed by atoms with van der Waals surface area (Å²) >= 11 is 0. The van der Waals surface area contributed by atoms with Crippen LogP contribution in [-0.4, -0.2) is 30.3 Å². The summed E-state index contributed by atoms with van der Waals surface area (Å²) in [6, 6.07) is 5.11. The summed E-state index contributed by atoms with van der Waals surface area (Å²) in [6.07, 6.45) is 2.47. The number of nitrogens with zero attached hydrogens (tertiary/aromatic N) is 1. The molecule has 0 spiro atoms. The van der Waals surface area contributed by atoms with Crippen LogP contribution in [0, 0.1) is 6.92 Å². The fourth-order valence-corrected chi connectivity index (χ4v) is 2.48. The van der Waals surface area contributed by atoms with E-state index in [2.05, 4.69) is 0 Å². The van der Waals surface area contributed by atoms with Crippen molar-refractivity contribution in [2.24, 2.45) is 0 Å². The molecule has 1 amide bonds. The van der Waals surface area contributed by atoms with E-state index in [9.17, 15) is 9.90 Å². The van der Waals surface area contributed by atoms with Crippen molar-refractivity contribution < 1.29 is 14.6 Å². The van der Waals surface area contributed by atoms with Crippen molar-refractivity contribution in [1.29, 1.82) is 0 Å². The monoisotopic (exact) mass is 263 g/mol. The first-order valence-electron chi connectivity index (χ1n) is 6.83. The van der Waals surface area contributed by atoms with E-state index in [-0.39, 0.29) is 17.8 Å². The lowest BCUT2D eigenvalue weighted by Crippen LogP contribution is -2.33. The minimum absolute atomic E-state index is 0.0548. The van der Waals surface area contributed by atoms with Crippen LogP contribution in [0.25, 0.3) is 0 Å². The predicted octanol–water partition coefficient (Wildman–Crippen LogP) is 2.62. The Kier molecular flexibility index (Phi) is 4.43. The van der Waals surface area contributed by atoms with E-state index in [0.29, 0.717) is 13.0 Å². The summed E-state index contributed by atoms with van der Waals surface area (Å²) in [4.78, 5) is 14.1. The molecule has 4 heteroatoms. The number of ether oxygens (including phenoxy) is 1. The van der Waals surface area contributed by atoms with Gasteiger partial charge in [0.05, 0.1) is 18.2 Å². The van der Waals surface area contributed by atoms with E-state index in [1.54, 1.807) is 17.0 Å². The molecule has 0 aliphatic carbocycles. The molecular formula is C15H21NO3. The molecule has 1 unspecified atom stereocenters. The van der Waals surface area contributed by atoms with Crippen LogP contribution in [0.5, 0.6) is 5.75 Å². The lowest BCUT2D eigenvalue weighted by molar-refractivity contribution is -0.120. The van der Waals surface area contributed by atoms with Gasteiger partial charge in [-0.05, 0) is 38.3 Å². The third-order valence-electron chi connectivity index (χ3n) is 3.53. The molecule has 2 rings (SSSR count). The fourth-order valence-electron chi connectivity index (χ4n) is 2.48. The second-order valence-electron chi connectivity index (χ2n) is 4.95. The number of aromatic hydroxyl groups is 1. The Bertz CT molecular complexity index is 453. The third-order valence-corrected chi connectivity index (χ3v) is 3.53. The number of aryl methyl sites for hydroxylation is 1. The van der Waals surface area contributed by atoms with Gasteiger partial charge in [-0.3, -0.25) is 4.79 Å². The van der Waals surface area contributed by atoms with Crippen LogP contribution in [0.1, 0.15) is 31.7 Å². The number of anilines is 1. The molecule has 19 heavy (non-hydrogen) atoms. The second-order valence-corrected chi connectivity index (χ2v) is 4.95. The zero-order valence-electron chi connectivity index (χ0n) is 11.6. The number of hydrogen-bond acceptors (Lipinski definition) is 3. The van der Waals surface area contributed by atoms with Crippen LogP contribution in [0.2, 0.25) is 0 Å². The summed E-state index contributed by atoms with van der Waals surface area (Å²) in [5, 5.41) is 9.59. The molecule has 1 aromatic carbocycles. The molecule has 0 bridgehead atoms. The molecular weight excluding hydrogens is 242 g/mol. The Morgan fingerprint density at radius 3 is 2.95 bits per heavy atom. The molecule has 0 aromatic heterocycles.